The molecule has 0 aliphatic carbocycles. The van der Waals surface area contributed by atoms with Gasteiger partial charge in [0.05, 0.1) is 31.8 Å². The molecule has 2 atom stereocenters. The zero-order chi connectivity index (χ0) is 21.7. The third-order valence-electron chi connectivity index (χ3n) is 5.16. The number of carbonyl (C=O) groups excluding carboxylic acids is 2. The average molecular weight is 413 g/mol. The number of carbonyl (C=O) groups is 2. The largest absolute Gasteiger partial charge is 0.465 e. The van der Waals surface area contributed by atoms with E-state index in [0.717, 1.165) is 25.7 Å². The number of aliphatic hydroxyl groups is 1. The number of ether oxygens (including phenoxy) is 2. The first-order valence-corrected chi connectivity index (χ1v) is 11.7. The Morgan fingerprint density at radius 3 is 2.10 bits per heavy atom. The third-order valence-corrected chi connectivity index (χ3v) is 5.16. The lowest BCUT2D eigenvalue weighted by molar-refractivity contribution is -0.150. The Hall–Kier alpha value is -1.36. The van der Waals surface area contributed by atoms with Crippen LogP contribution in [0.1, 0.15) is 111 Å². The van der Waals surface area contributed by atoms with Crippen LogP contribution in [-0.2, 0) is 19.1 Å². The van der Waals surface area contributed by atoms with E-state index in [0.29, 0.717) is 6.42 Å². The van der Waals surface area contributed by atoms with Gasteiger partial charge in [-0.25, -0.2) is 0 Å². The summed E-state index contributed by atoms with van der Waals surface area (Å²) in [7, 11) is 0. The van der Waals surface area contributed by atoms with Gasteiger partial charge in [-0.1, -0.05) is 72.1 Å². The Morgan fingerprint density at radius 2 is 1.48 bits per heavy atom. The summed E-state index contributed by atoms with van der Waals surface area (Å²) in [5.74, 6) is -0.899. The van der Waals surface area contributed by atoms with Gasteiger partial charge in [0.1, 0.15) is 0 Å². The van der Waals surface area contributed by atoms with Gasteiger partial charge in [0.25, 0.3) is 0 Å². The Bertz CT molecular complexity index is 433. The first kappa shape index (κ1) is 27.6. The van der Waals surface area contributed by atoms with E-state index >= 15 is 0 Å². The second-order valence-electron chi connectivity index (χ2n) is 7.83. The molecule has 0 heterocycles. The van der Waals surface area contributed by atoms with Crippen LogP contribution >= 0.6 is 0 Å². The number of aliphatic hydroxyl groups excluding tert-OH is 1. The monoisotopic (exact) mass is 412 g/mol. The fourth-order valence-corrected chi connectivity index (χ4v) is 3.16. The fourth-order valence-electron chi connectivity index (χ4n) is 3.16. The molecule has 0 aromatic rings. The maximum Gasteiger partial charge on any atom is 0.311 e. The molecule has 0 aromatic carbocycles. The molecular formula is C24H44O5. The molecule has 170 valence electrons. The first-order valence-electron chi connectivity index (χ1n) is 11.7. The predicted octanol–water partition coefficient (Wildman–Crippen LogP) is 6.08. The fraction of sp³-hybridized carbons (Fsp3) is 0.833. The van der Waals surface area contributed by atoms with Gasteiger partial charge in [-0.15, -0.1) is 0 Å². The van der Waals surface area contributed by atoms with Crippen molar-refractivity contribution in [2.45, 2.75) is 117 Å². The molecule has 0 rings (SSSR count). The molecule has 0 bridgehead atoms. The summed E-state index contributed by atoms with van der Waals surface area (Å²) in [6.45, 7) is 6.41. The quantitative estimate of drug-likeness (QED) is 0.158. The van der Waals surface area contributed by atoms with Crippen molar-refractivity contribution in [1.29, 1.82) is 0 Å². The zero-order valence-corrected chi connectivity index (χ0v) is 19.0. The van der Waals surface area contributed by atoms with E-state index in [2.05, 4.69) is 6.92 Å². The van der Waals surface area contributed by atoms with Crippen molar-refractivity contribution < 1.29 is 24.2 Å². The van der Waals surface area contributed by atoms with Crippen molar-refractivity contribution in [3.63, 3.8) is 0 Å². The topological polar surface area (TPSA) is 72.8 Å². The first-order chi connectivity index (χ1) is 14.0. The van der Waals surface area contributed by atoms with E-state index in [1.54, 1.807) is 0 Å². The molecule has 0 fully saturated rings. The Balaban J connectivity index is 3.69. The highest BCUT2D eigenvalue weighted by atomic mass is 16.5. The minimum absolute atomic E-state index is 0.00497. The van der Waals surface area contributed by atoms with Gasteiger partial charge in [-0.05, 0) is 31.8 Å². The number of esters is 2. The molecular weight excluding hydrogens is 368 g/mol. The van der Waals surface area contributed by atoms with E-state index in [-0.39, 0.29) is 25.4 Å². The van der Waals surface area contributed by atoms with Crippen LogP contribution in [-0.4, -0.2) is 29.8 Å². The lowest BCUT2D eigenvalue weighted by Gasteiger charge is -2.20. The lowest BCUT2D eigenvalue weighted by Crippen LogP contribution is -2.26. The molecule has 1 N–H and O–H groups in total. The van der Waals surface area contributed by atoms with Crippen molar-refractivity contribution in [3.8, 4) is 0 Å². The normalized spacial score (nSPS) is 13.4. The summed E-state index contributed by atoms with van der Waals surface area (Å²) >= 11 is 0. The standard InChI is InChI=1S/C24H44O5/c1-4-7-8-9-10-11-12-13-14-15-19-28-23(26)17-18-24(27)29-20-21(6-3)22(25)16-5-2/h15,19,21-22,25H,4-14,16-18,20H2,1-3H3. The van der Waals surface area contributed by atoms with Crippen LogP contribution in [0.3, 0.4) is 0 Å². The summed E-state index contributed by atoms with van der Waals surface area (Å²) < 4.78 is 10.2. The molecule has 0 aliphatic rings. The van der Waals surface area contributed by atoms with Gasteiger partial charge in [0.2, 0.25) is 0 Å². The highest BCUT2D eigenvalue weighted by molar-refractivity contribution is 5.77. The molecule has 0 spiro atoms. The van der Waals surface area contributed by atoms with Crippen molar-refractivity contribution in [1.82, 2.24) is 0 Å². The van der Waals surface area contributed by atoms with E-state index in [4.69, 9.17) is 9.47 Å². The number of unbranched alkanes of at least 4 members (excludes halogenated alkanes) is 8. The summed E-state index contributed by atoms with van der Waals surface area (Å²) in [5, 5.41) is 10.00. The maximum atomic E-state index is 11.8. The van der Waals surface area contributed by atoms with Gasteiger partial charge in [-0.3, -0.25) is 9.59 Å². The molecule has 0 aromatic heterocycles. The number of hydrogen-bond acceptors (Lipinski definition) is 5. The van der Waals surface area contributed by atoms with Gasteiger partial charge < -0.3 is 14.6 Å². The highest BCUT2D eigenvalue weighted by Gasteiger charge is 2.19. The molecule has 2 unspecified atom stereocenters. The van der Waals surface area contributed by atoms with Gasteiger partial charge in [0, 0.05) is 5.92 Å². The maximum absolute atomic E-state index is 11.8. The molecule has 0 saturated heterocycles. The Morgan fingerprint density at radius 1 is 0.862 bits per heavy atom. The summed E-state index contributed by atoms with van der Waals surface area (Å²) in [6, 6.07) is 0. The summed E-state index contributed by atoms with van der Waals surface area (Å²) in [6.07, 6.45) is 16.3. The van der Waals surface area contributed by atoms with Crippen LogP contribution in [0.25, 0.3) is 0 Å². The molecule has 0 saturated carbocycles. The zero-order valence-electron chi connectivity index (χ0n) is 19.0. The predicted molar refractivity (Wildman–Crippen MR) is 117 cm³/mol. The number of rotatable bonds is 19. The molecule has 0 radical (unpaired) electrons. The minimum atomic E-state index is -0.450. The van der Waals surface area contributed by atoms with Crippen molar-refractivity contribution in [2.75, 3.05) is 6.61 Å². The molecule has 29 heavy (non-hydrogen) atoms. The van der Waals surface area contributed by atoms with Crippen molar-refractivity contribution >= 4 is 11.9 Å². The van der Waals surface area contributed by atoms with Crippen LogP contribution in [0.5, 0.6) is 0 Å². The number of hydrogen-bond donors (Lipinski definition) is 1. The average Bonchev–Trinajstić information content (AvgIpc) is 2.71. The Labute approximate surface area is 178 Å². The lowest BCUT2D eigenvalue weighted by atomic mass is 9.97. The van der Waals surface area contributed by atoms with E-state index in [1.165, 1.54) is 51.2 Å². The summed E-state index contributed by atoms with van der Waals surface area (Å²) in [5.41, 5.74) is 0. The molecule has 0 aliphatic heterocycles. The van der Waals surface area contributed by atoms with Crippen LogP contribution in [0, 0.1) is 5.92 Å². The minimum Gasteiger partial charge on any atom is -0.465 e. The smallest absolute Gasteiger partial charge is 0.311 e. The second-order valence-corrected chi connectivity index (χ2v) is 7.83. The summed E-state index contributed by atoms with van der Waals surface area (Å²) in [4.78, 5) is 23.5. The van der Waals surface area contributed by atoms with Gasteiger partial charge >= 0.3 is 11.9 Å². The van der Waals surface area contributed by atoms with Crippen LogP contribution in [0.2, 0.25) is 0 Å². The van der Waals surface area contributed by atoms with E-state index < -0.39 is 18.0 Å². The van der Waals surface area contributed by atoms with Crippen LogP contribution < -0.4 is 0 Å². The van der Waals surface area contributed by atoms with E-state index in [1.807, 2.05) is 19.9 Å². The SMILES string of the molecule is CCCCCCCCCCC=COC(=O)CCC(=O)OCC(CC)C(O)CCC. The number of allylic oxidation sites excluding steroid dienone is 1. The second kappa shape index (κ2) is 19.9. The van der Waals surface area contributed by atoms with E-state index in [9.17, 15) is 14.7 Å². The third kappa shape index (κ3) is 17.2. The van der Waals surface area contributed by atoms with Crippen molar-refractivity contribution in [2.24, 2.45) is 5.92 Å². The van der Waals surface area contributed by atoms with Gasteiger partial charge in [0.15, 0.2) is 0 Å². The molecule has 5 heteroatoms. The van der Waals surface area contributed by atoms with Crippen LogP contribution in [0.15, 0.2) is 12.3 Å². The van der Waals surface area contributed by atoms with Crippen molar-refractivity contribution in [3.05, 3.63) is 12.3 Å². The molecule has 5 nitrogen and oxygen atoms in total. The Kier molecular flexibility index (Phi) is 19.0. The molecule has 0 amide bonds. The van der Waals surface area contributed by atoms with Crippen LogP contribution in [0.4, 0.5) is 0 Å². The van der Waals surface area contributed by atoms with Gasteiger partial charge in [-0.2, -0.15) is 0 Å². The highest BCUT2D eigenvalue weighted by Crippen LogP contribution is 2.14.